The summed E-state index contributed by atoms with van der Waals surface area (Å²) in [4.78, 5) is 18.0. The molecule has 5 rings (SSSR count). The van der Waals surface area contributed by atoms with Gasteiger partial charge in [0, 0.05) is 41.9 Å². The number of ether oxygens (including phenoxy) is 4. The minimum atomic E-state index is 0.144. The third kappa shape index (κ3) is 5.20. The highest BCUT2D eigenvalue weighted by molar-refractivity contribution is 5.97. The molecule has 3 aromatic carbocycles. The number of amides is 1. The smallest absolute Gasteiger partial charge is 0.227 e. The normalized spacial score (nSPS) is 13.4. The van der Waals surface area contributed by atoms with Gasteiger partial charge >= 0.3 is 0 Å². The summed E-state index contributed by atoms with van der Waals surface area (Å²) in [7, 11) is 4.78. The topological polar surface area (TPSA) is 85.1 Å². The maximum Gasteiger partial charge on any atom is 0.227 e. The van der Waals surface area contributed by atoms with E-state index in [1.54, 1.807) is 21.3 Å². The van der Waals surface area contributed by atoms with Crippen molar-refractivity contribution in [1.29, 1.82) is 0 Å². The predicted octanol–water partition coefficient (Wildman–Crippen LogP) is 5.01. The van der Waals surface area contributed by atoms with Crippen LogP contribution in [-0.2, 0) is 16.0 Å². The van der Waals surface area contributed by atoms with Gasteiger partial charge < -0.3 is 34.1 Å². The molecule has 8 heteroatoms. The second kappa shape index (κ2) is 10.8. The Hall–Kier alpha value is -4.17. The van der Waals surface area contributed by atoms with E-state index in [0.717, 1.165) is 39.1 Å². The summed E-state index contributed by atoms with van der Waals surface area (Å²) in [5, 5.41) is 4.49. The number of nitrogens with zero attached hydrogens (tertiary/aromatic N) is 1. The molecule has 1 saturated heterocycles. The average molecular weight is 502 g/mol. The molecule has 2 N–H and O–H groups in total. The molecule has 37 heavy (non-hydrogen) atoms. The van der Waals surface area contributed by atoms with Crippen LogP contribution in [0.4, 0.5) is 11.5 Å². The first kappa shape index (κ1) is 24.5. The molecule has 0 atom stereocenters. The van der Waals surface area contributed by atoms with Crippen molar-refractivity contribution in [2.75, 3.05) is 52.9 Å². The molecule has 8 nitrogen and oxygen atoms in total. The number of aromatic nitrogens is 1. The molecule has 1 aliphatic rings. The van der Waals surface area contributed by atoms with Crippen LogP contribution in [0.2, 0.25) is 0 Å². The molecule has 192 valence electrons. The first-order valence-corrected chi connectivity index (χ1v) is 12.2. The van der Waals surface area contributed by atoms with E-state index in [0.29, 0.717) is 50.0 Å². The van der Waals surface area contributed by atoms with E-state index in [4.69, 9.17) is 18.9 Å². The molecule has 0 unspecified atom stereocenters. The van der Waals surface area contributed by atoms with Crippen molar-refractivity contribution in [3.05, 3.63) is 66.2 Å². The zero-order valence-electron chi connectivity index (χ0n) is 21.3. The van der Waals surface area contributed by atoms with Crippen molar-refractivity contribution in [3.63, 3.8) is 0 Å². The monoisotopic (exact) mass is 501 g/mol. The van der Waals surface area contributed by atoms with Crippen molar-refractivity contribution in [1.82, 2.24) is 9.88 Å². The SMILES string of the molecule is COc1cc(Nc2cc3cccc(-c4ccc(CC(=O)N5CCOCC5)cc4)c3[nH]2)cc(OC)c1OC. The maximum absolute atomic E-state index is 12.6. The van der Waals surface area contributed by atoms with Crippen LogP contribution < -0.4 is 19.5 Å². The molecular weight excluding hydrogens is 470 g/mol. The van der Waals surface area contributed by atoms with Gasteiger partial charge in [-0.2, -0.15) is 0 Å². The molecule has 1 fully saturated rings. The molecular formula is C29H31N3O5. The van der Waals surface area contributed by atoms with Gasteiger partial charge in [0.25, 0.3) is 0 Å². The van der Waals surface area contributed by atoms with E-state index in [-0.39, 0.29) is 5.91 Å². The summed E-state index contributed by atoms with van der Waals surface area (Å²) in [6.07, 6.45) is 0.399. The summed E-state index contributed by atoms with van der Waals surface area (Å²) in [6, 6.07) is 20.2. The Morgan fingerprint density at radius 2 is 1.65 bits per heavy atom. The van der Waals surface area contributed by atoms with Crippen molar-refractivity contribution < 1.29 is 23.7 Å². The molecule has 2 heterocycles. The van der Waals surface area contributed by atoms with Crippen molar-refractivity contribution >= 4 is 28.3 Å². The first-order chi connectivity index (χ1) is 18.1. The number of hydrogen-bond donors (Lipinski definition) is 2. The molecule has 1 aliphatic heterocycles. The van der Waals surface area contributed by atoms with Crippen LogP contribution in [0.15, 0.2) is 60.7 Å². The lowest BCUT2D eigenvalue weighted by atomic mass is 10.0. The van der Waals surface area contributed by atoms with Crippen LogP contribution in [0.25, 0.3) is 22.0 Å². The number of anilines is 2. The Balaban J connectivity index is 1.37. The van der Waals surface area contributed by atoms with Gasteiger partial charge in [0.2, 0.25) is 11.7 Å². The van der Waals surface area contributed by atoms with Crippen molar-refractivity contribution in [2.45, 2.75) is 6.42 Å². The molecule has 1 aromatic heterocycles. The number of benzene rings is 3. The van der Waals surface area contributed by atoms with Crippen LogP contribution in [-0.4, -0.2) is 63.4 Å². The summed E-state index contributed by atoms with van der Waals surface area (Å²) in [6.45, 7) is 2.55. The van der Waals surface area contributed by atoms with Crippen LogP contribution in [0, 0.1) is 0 Å². The molecule has 1 amide bonds. The fourth-order valence-electron chi connectivity index (χ4n) is 4.67. The first-order valence-electron chi connectivity index (χ1n) is 12.2. The number of hydrogen-bond acceptors (Lipinski definition) is 6. The third-order valence-electron chi connectivity index (χ3n) is 6.58. The van der Waals surface area contributed by atoms with E-state index < -0.39 is 0 Å². The number of rotatable bonds is 8. The van der Waals surface area contributed by atoms with Crippen molar-refractivity contribution in [2.24, 2.45) is 0 Å². The summed E-state index contributed by atoms with van der Waals surface area (Å²) in [5.41, 5.74) is 4.99. The molecule has 0 aliphatic carbocycles. The number of H-pyrrole nitrogens is 1. The summed E-state index contributed by atoms with van der Waals surface area (Å²) < 4.78 is 21.7. The van der Waals surface area contributed by atoms with E-state index in [9.17, 15) is 4.79 Å². The Morgan fingerprint density at radius 3 is 2.30 bits per heavy atom. The molecule has 4 aromatic rings. The number of morpholine rings is 1. The Bertz CT molecular complexity index is 1370. The van der Waals surface area contributed by atoms with Gasteiger partial charge in [0.05, 0.1) is 46.5 Å². The standard InChI is InChI=1S/C29H31N3O5/c1-34-24-17-22(18-25(35-2)29(24)36-3)30-26-16-21-5-4-6-23(28(21)31-26)20-9-7-19(8-10-20)15-27(33)32-11-13-37-14-12-32/h4-10,16-18,30-31H,11-15H2,1-3H3. The molecule has 0 radical (unpaired) electrons. The quantitative estimate of drug-likeness (QED) is 0.353. The van der Waals surface area contributed by atoms with Gasteiger partial charge in [-0.1, -0.05) is 42.5 Å². The van der Waals surface area contributed by atoms with Crippen LogP contribution in [0.5, 0.6) is 17.2 Å². The van der Waals surface area contributed by atoms with Crippen LogP contribution >= 0.6 is 0 Å². The fourth-order valence-corrected chi connectivity index (χ4v) is 4.67. The number of methoxy groups -OCH3 is 3. The van der Waals surface area contributed by atoms with Crippen LogP contribution in [0.3, 0.4) is 0 Å². The lowest BCUT2D eigenvalue weighted by molar-refractivity contribution is -0.134. The highest BCUT2D eigenvalue weighted by Gasteiger charge is 2.17. The largest absolute Gasteiger partial charge is 0.493 e. The Labute approximate surface area is 216 Å². The van der Waals surface area contributed by atoms with Gasteiger partial charge in [0.1, 0.15) is 5.82 Å². The number of aromatic amines is 1. The zero-order chi connectivity index (χ0) is 25.8. The molecule has 0 spiro atoms. The molecule has 0 bridgehead atoms. The Morgan fingerprint density at radius 1 is 0.946 bits per heavy atom. The van der Waals surface area contributed by atoms with E-state index in [1.165, 1.54) is 0 Å². The minimum absolute atomic E-state index is 0.144. The van der Waals surface area contributed by atoms with Crippen LogP contribution in [0.1, 0.15) is 5.56 Å². The second-order valence-electron chi connectivity index (χ2n) is 8.86. The summed E-state index contributed by atoms with van der Waals surface area (Å²) in [5.74, 6) is 2.68. The van der Waals surface area contributed by atoms with Gasteiger partial charge in [0.15, 0.2) is 11.5 Å². The maximum atomic E-state index is 12.6. The van der Waals surface area contributed by atoms with Gasteiger partial charge in [-0.3, -0.25) is 4.79 Å². The van der Waals surface area contributed by atoms with Crippen molar-refractivity contribution in [3.8, 4) is 28.4 Å². The minimum Gasteiger partial charge on any atom is -0.493 e. The zero-order valence-corrected chi connectivity index (χ0v) is 21.3. The average Bonchev–Trinajstić information content (AvgIpc) is 3.36. The number of para-hydroxylation sites is 1. The Kier molecular flexibility index (Phi) is 7.18. The number of nitrogens with one attached hydrogen (secondary N) is 2. The van der Waals surface area contributed by atoms with Gasteiger partial charge in [-0.25, -0.2) is 0 Å². The predicted molar refractivity (Wildman–Crippen MR) is 144 cm³/mol. The molecule has 0 saturated carbocycles. The highest BCUT2D eigenvalue weighted by Crippen LogP contribution is 2.41. The van der Waals surface area contributed by atoms with E-state index >= 15 is 0 Å². The lowest BCUT2D eigenvalue weighted by Crippen LogP contribution is -2.41. The van der Waals surface area contributed by atoms with Gasteiger partial charge in [-0.15, -0.1) is 0 Å². The van der Waals surface area contributed by atoms with E-state index in [1.807, 2.05) is 35.2 Å². The second-order valence-corrected chi connectivity index (χ2v) is 8.86. The fraction of sp³-hybridized carbons (Fsp3) is 0.276. The summed E-state index contributed by atoms with van der Waals surface area (Å²) >= 11 is 0. The number of carbonyl (C=O) groups excluding carboxylic acids is 1. The van der Waals surface area contributed by atoms with Gasteiger partial charge in [-0.05, 0) is 17.2 Å². The highest BCUT2D eigenvalue weighted by atomic mass is 16.5. The van der Waals surface area contributed by atoms with E-state index in [2.05, 4.69) is 40.6 Å². The number of fused-ring (bicyclic) bond motifs is 1. The third-order valence-corrected chi connectivity index (χ3v) is 6.58. The number of carbonyl (C=O) groups is 1. The lowest BCUT2D eigenvalue weighted by Gasteiger charge is -2.26.